The molecule has 0 aromatic heterocycles. The van der Waals surface area contributed by atoms with E-state index in [0.29, 0.717) is 63.4 Å². The van der Waals surface area contributed by atoms with Gasteiger partial charge in [0.1, 0.15) is 42.0 Å². The zero-order valence-electron chi connectivity index (χ0n) is 31.5. The monoisotopic (exact) mass is 762 g/mol. The van der Waals surface area contributed by atoms with Crippen molar-refractivity contribution in [3.05, 3.63) is 166 Å². The van der Waals surface area contributed by atoms with Crippen LogP contribution in [0.4, 0.5) is 0 Å². The molecule has 0 saturated carbocycles. The molecule has 0 N–H and O–H groups in total. The van der Waals surface area contributed by atoms with Crippen molar-refractivity contribution < 1.29 is 33.2 Å². The number of rotatable bonds is 13. The van der Waals surface area contributed by atoms with Gasteiger partial charge in [-0.05, 0) is 84.7 Å². The molecule has 7 nitrogen and oxygen atoms in total. The minimum Gasteiger partial charge on any atom is -0.494 e. The Morgan fingerprint density at radius 2 is 1.20 bits per heavy atom. The zero-order valence-corrected chi connectivity index (χ0v) is 32.3. The fourth-order valence-corrected chi connectivity index (χ4v) is 7.45. The molecular weight excluding hydrogens is 712 g/mol. The van der Waals surface area contributed by atoms with Crippen molar-refractivity contribution in [3.8, 4) is 11.5 Å². The maximum Gasteiger partial charge on any atom is 0.126 e. The number of fused-ring (bicyclic) bond motifs is 4. The summed E-state index contributed by atoms with van der Waals surface area (Å²) in [5.41, 5.74) is 6.10. The van der Waals surface area contributed by atoms with Gasteiger partial charge in [-0.25, -0.2) is 0 Å². The van der Waals surface area contributed by atoms with Crippen LogP contribution in [0, 0.1) is 0 Å². The van der Waals surface area contributed by atoms with E-state index >= 15 is 0 Å². The highest BCUT2D eigenvalue weighted by molar-refractivity contribution is 6.31. The van der Waals surface area contributed by atoms with Gasteiger partial charge in [0, 0.05) is 17.2 Å². The third-order valence-electron chi connectivity index (χ3n) is 10.1. The van der Waals surface area contributed by atoms with Crippen molar-refractivity contribution >= 4 is 11.6 Å². The Morgan fingerprint density at radius 3 is 1.82 bits per heavy atom. The van der Waals surface area contributed by atoms with Crippen LogP contribution < -0.4 is 9.47 Å². The van der Waals surface area contributed by atoms with Crippen molar-refractivity contribution in [1.82, 2.24) is 0 Å². The van der Waals surface area contributed by atoms with E-state index in [-0.39, 0.29) is 0 Å². The number of hydrogen-bond acceptors (Lipinski definition) is 7. The molecule has 2 heterocycles. The highest BCUT2D eigenvalue weighted by atomic mass is 35.5. The third kappa shape index (κ3) is 10.8. The molecule has 0 spiro atoms. The van der Waals surface area contributed by atoms with Gasteiger partial charge < -0.3 is 33.2 Å². The molecule has 55 heavy (non-hydrogen) atoms. The number of halogens is 1. The van der Waals surface area contributed by atoms with E-state index in [9.17, 15) is 0 Å². The second-order valence-corrected chi connectivity index (χ2v) is 14.5. The van der Waals surface area contributed by atoms with Gasteiger partial charge in [0.15, 0.2) is 0 Å². The van der Waals surface area contributed by atoms with Crippen LogP contribution in [0.3, 0.4) is 0 Å². The van der Waals surface area contributed by atoms with E-state index in [1.54, 1.807) is 0 Å². The zero-order chi connectivity index (χ0) is 37.7. The first-order valence-electron chi connectivity index (χ1n) is 19.5. The molecule has 5 atom stereocenters. The highest BCUT2D eigenvalue weighted by Crippen LogP contribution is 2.44. The van der Waals surface area contributed by atoms with E-state index in [1.807, 2.05) is 79.7 Å². The van der Waals surface area contributed by atoms with Gasteiger partial charge in [0.25, 0.3) is 0 Å². The summed E-state index contributed by atoms with van der Waals surface area (Å²) in [5.74, 6) is 1.52. The van der Waals surface area contributed by atoms with E-state index in [0.717, 1.165) is 58.4 Å². The molecule has 0 radical (unpaired) electrons. The molecule has 288 valence electrons. The topological polar surface area (TPSA) is 64.6 Å². The van der Waals surface area contributed by atoms with E-state index in [4.69, 9.17) is 44.8 Å². The maximum atomic E-state index is 7.20. The summed E-state index contributed by atoms with van der Waals surface area (Å²) >= 11 is 7.08. The number of ether oxygens (including phenoxy) is 7. The molecule has 2 bridgehead atoms. The predicted molar refractivity (Wildman–Crippen MR) is 215 cm³/mol. The molecule has 8 heteroatoms. The summed E-state index contributed by atoms with van der Waals surface area (Å²) in [5, 5.41) is 0.635. The van der Waals surface area contributed by atoms with Gasteiger partial charge in [0.2, 0.25) is 0 Å². The number of benzene rings is 5. The fourth-order valence-electron chi connectivity index (χ4n) is 7.23. The molecule has 7 rings (SSSR count). The van der Waals surface area contributed by atoms with Gasteiger partial charge in [-0.1, -0.05) is 115 Å². The lowest BCUT2D eigenvalue weighted by Crippen LogP contribution is -2.58. The van der Waals surface area contributed by atoms with E-state index < -0.39 is 30.5 Å². The minimum atomic E-state index is -0.596. The molecule has 0 amide bonds. The molecule has 2 aliphatic rings. The predicted octanol–water partition coefficient (Wildman–Crippen LogP) is 10.1. The molecule has 5 aromatic carbocycles. The Hall–Kier alpha value is -4.21. The van der Waals surface area contributed by atoms with E-state index in [2.05, 4.69) is 54.6 Å². The lowest BCUT2D eigenvalue weighted by molar-refractivity contribution is -0.274. The van der Waals surface area contributed by atoms with Crippen LogP contribution in [0.15, 0.2) is 127 Å². The van der Waals surface area contributed by atoms with Crippen LogP contribution in [0.2, 0.25) is 5.02 Å². The highest BCUT2D eigenvalue weighted by Gasteiger charge is 2.50. The average molecular weight is 763 g/mol. The van der Waals surface area contributed by atoms with Gasteiger partial charge in [-0.15, -0.1) is 0 Å². The first kappa shape index (κ1) is 39.0. The standard InChI is InChI=1S/C47H51ClO7/c1-2-50-39-23-21-34(22-24-39)27-38-28-40-42(29-41(38)48)51-26-14-6-13-25-49-33-43-45(52-30-35-15-7-3-8-16-35)47(54-32-37-19-11-5-12-20-37)46(44(40)55-43)53-31-36-17-9-4-10-18-36/h3-5,7-12,15-24,28-29,43-47H,2,6,13-14,25-27,30-33H2,1H3/t43-,44+,45+,46-,47+/m1/s1. The Balaban J connectivity index is 1.31. The van der Waals surface area contributed by atoms with Crippen molar-refractivity contribution in [2.24, 2.45) is 0 Å². The van der Waals surface area contributed by atoms with Crippen LogP contribution in [-0.4, -0.2) is 50.8 Å². The molecule has 2 aliphatic heterocycles. The van der Waals surface area contributed by atoms with Gasteiger partial charge in [0.05, 0.1) is 39.6 Å². The summed E-state index contributed by atoms with van der Waals surface area (Å²) in [4.78, 5) is 0. The Kier molecular flexibility index (Phi) is 14.3. The quantitative estimate of drug-likeness (QED) is 0.118. The third-order valence-corrected chi connectivity index (χ3v) is 10.4. The van der Waals surface area contributed by atoms with Crippen LogP contribution >= 0.6 is 11.6 Å². The van der Waals surface area contributed by atoms with Crippen molar-refractivity contribution in [1.29, 1.82) is 0 Å². The molecular formula is C47H51ClO7. The second-order valence-electron chi connectivity index (χ2n) is 14.1. The van der Waals surface area contributed by atoms with Crippen LogP contribution in [-0.2, 0) is 49.9 Å². The van der Waals surface area contributed by atoms with Gasteiger partial charge >= 0.3 is 0 Å². The summed E-state index contributed by atoms with van der Waals surface area (Å²) in [6.07, 6.45) is 0.703. The summed E-state index contributed by atoms with van der Waals surface area (Å²) in [6.45, 7) is 5.21. The van der Waals surface area contributed by atoms with Crippen LogP contribution in [0.1, 0.15) is 65.7 Å². The van der Waals surface area contributed by atoms with Crippen LogP contribution in [0.5, 0.6) is 11.5 Å². The second kappa shape index (κ2) is 20.1. The first-order chi connectivity index (χ1) is 27.1. The normalized spacial score (nSPS) is 21.6. The molecule has 1 fully saturated rings. The smallest absolute Gasteiger partial charge is 0.126 e. The molecule has 0 aliphatic carbocycles. The van der Waals surface area contributed by atoms with Crippen molar-refractivity contribution in [2.75, 3.05) is 26.4 Å². The van der Waals surface area contributed by atoms with Gasteiger partial charge in [-0.2, -0.15) is 0 Å². The summed E-state index contributed by atoms with van der Waals surface area (Å²) in [7, 11) is 0. The van der Waals surface area contributed by atoms with E-state index in [1.165, 1.54) is 0 Å². The molecule has 1 saturated heterocycles. The van der Waals surface area contributed by atoms with Crippen molar-refractivity contribution in [2.45, 2.75) is 82.9 Å². The van der Waals surface area contributed by atoms with Crippen LogP contribution in [0.25, 0.3) is 0 Å². The average Bonchev–Trinajstić information content (AvgIpc) is 3.23. The Bertz CT molecular complexity index is 1870. The summed E-state index contributed by atoms with van der Waals surface area (Å²) in [6, 6.07) is 42.9. The fraction of sp³-hybridized carbons (Fsp3) is 0.362. The lowest BCUT2D eigenvalue weighted by atomic mass is 9.88. The SMILES string of the molecule is CCOc1ccc(Cc2cc3c(cc2Cl)OCCCCCOC[C@H]2O[C@@H]3[C@@H](OCc3ccccc3)[C@@H](OCc3ccccc3)[C@H]2OCc2ccccc2)cc1. The first-order valence-corrected chi connectivity index (χ1v) is 19.9. The molecule has 5 aromatic rings. The Labute approximate surface area is 330 Å². The number of hydrogen-bond donors (Lipinski definition) is 0. The summed E-state index contributed by atoms with van der Waals surface area (Å²) < 4.78 is 46.7. The van der Waals surface area contributed by atoms with Crippen molar-refractivity contribution in [3.63, 3.8) is 0 Å². The Morgan fingerprint density at radius 1 is 0.618 bits per heavy atom. The molecule has 0 unspecified atom stereocenters. The maximum absolute atomic E-state index is 7.20. The minimum absolute atomic E-state index is 0.343. The lowest BCUT2D eigenvalue weighted by Gasteiger charge is -2.46. The van der Waals surface area contributed by atoms with Gasteiger partial charge in [-0.3, -0.25) is 0 Å². The largest absolute Gasteiger partial charge is 0.494 e.